The van der Waals surface area contributed by atoms with Crippen LogP contribution in [0.3, 0.4) is 0 Å². The van der Waals surface area contributed by atoms with Crippen LogP contribution in [0.5, 0.6) is 0 Å². The molecule has 1 atom stereocenters. The predicted octanol–water partition coefficient (Wildman–Crippen LogP) is 4.34. The average Bonchev–Trinajstić information content (AvgIpc) is 2.95. The number of guanidine groups is 1. The minimum absolute atomic E-state index is 0.154. The summed E-state index contributed by atoms with van der Waals surface area (Å²) in [4.78, 5) is 10.1. The zero-order valence-electron chi connectivity index (χ0n) is 15.1. The summed E-state index contributed by atoms with van der Waals surface area (Å²) in [7, 11) is 1.80. The fourth-order valence-electron chi connectivity index (χ4n) is 3.01. The van der Waals surface area contributed by atoms with E-state index < -0.39 is 0 Å². The number of benzene rings is 2. The maximum atomic E-state index is 4.48. The number of nitrogens with zero attached hydrogens (tertiary/aromatic N) is 2. The van der Waals surface area contributed by atoms with E-state index in [1.807, 2.05) is 6.92 Å². The highest BCUT2D eigenvalue weighted by molar-refractivity contribution is 7.11. The van der Waals surface area contributed by atoms with Crippen LogP contribution in [0.1, 0.15) is 34.1 Å². The lowest BCUT2D eigenvalue weighted by molar-refractivity contribution is 0.691. The minimum atomic E-state index is 0.154. The van der Waals surface area contributed by atoms with Gasteiger partial charge in [0.25, 0.3) is 0 Å². The monoisotopic (exact) mass is 352 g/mol. The van der Waals surface area contributed by atoms with Crippen molar-refractivity contribution in [3.8, 4) is 0 Å². The van der Waals surface area contributed by atoms with Crippen LogP contribution in [0.4, 0.5) is 0 Å². The third kappa shape index (κ3) is 3.99. The van der Waals surface area contributed by atoms with Crippen LogP contribution in [0.15, 0.2) is 47.5 Å². The third-order valence-corrected chi connectivity index (χ3v) is 5.36. The average molecular weight is 353 g/mol. The molecule has 0 saturated heterocycles. The topological polar surface area (TPSA) is 49.3 Å². The first kappa shape index (κ1) is 17.4. The number of fused-ring (bicyclic) bond motifs is 1. The Balaban J connectivity index is 1.72. The van der Waals surface area contributed by atoms with Gasteiger partial charge in [-0.2, -0.15) is 0 Å². The Morgan fingerprint density at radius 3 is 2.64 bits per heavy atom. The van der Waals surface area contributed by atoms with E-state index >= 15 is 0 Å². The van der Waals surface area contributed by atoms with Crippen molar-refractivity contribution in [3.63, 3.8) is 0 Å². The zero-order valence-corrected chi connectivity index (χ0v) is 15.9. The molecule has 0 aliphatic carbocycles. The molecule has 0 fully saturated rings. The SMILES string of the molecule is CN=C(NCc1sc(C)nc1C)NC(C)c1cccc2ccccc12. The molecule has 25 heavy (non-hydrogen) atoms. The predicted molar refractivity (Wildman–Crippen MR) is 107 cm³/mol. The highest BCUT2D eigenvalue weighted by atomic mass is 32.1. The quantitative estimate of drug-likeness (QED) is 0.542. The molecule has 2 aromatic carbocycles. The standard InChI is InChI=1S/C20H24N4S/c1-13(17-11-7-9-16-8-5-6-10-18(16)17)24-20(21-4)22-12-19-14(2)23-15(3)25-19/h5-11,13H,12H2,1-4H3,(H2,21,22,24). The van der Waals surface area contributed by atoms with E-state index in [4.69, 9.17) is 0 Å². The summed E-state index contributed by atoms with van der Waals surface area (Å²) < 4.78 is 0. The molecule has 1 heterocycles. The molecule has 0 spiro atoms. The number of nitrogens with one attached hydrogen (secondary N) is 2. The van der Waals surface area contributed by atoms with Gasteiger partial charge in [0.05, 0.1) is 23.3 Å². The Bertz CT molecular complexity index is 892. The van der Waals surface area contributed by atoms with Crippen molar-refractivity contribution in [3.05, 3.63) is 63.6 Å². The van der Waals surface area contributed by atoms with E-state index in [9.17, 15) is 0 Å². The molecule has 2 N–H and O–H groups in total. The van der Waals surface area contributed by atoms with Crippen LogP contribution in [0, 0.1) is 13.8 Å². The van der Waals surface area contributed by atoms with Crippen molar-refractivity contribution < 1.29 is 0 Å². The van der Waals surface area contributed by atoms with Crippen molar-refractivity contribution in [1.29, 1.82) is 0 Å². The van der Waals surface area contributed by atoms with E-state index in [-0.39, 0.29) is 6.04 Å². The Morgan fingerprint density at radius 1 is 1.16 bits per heavy atom. The van der Waals surface area contributed by atoms with Crippen LogP contribution in [0.25, 0.3) is 10.8 Å². The van der Waals surface area contributed by atoms with Gasteiger partial charge in [-0.15, -0.1) is 11.3 Å². The van der Waals surface area contributed by atoms with E-state index in [1.54, 1.807) is 18.4 Å². The molecule has 0 radical (unpaired) electrons. The molecule has 1 unspecified atom stereocenters. The van der Waals surface area contributed by atoms with Crippen LogP contribution in [-0.4, -0.2) is 18.0 Å². The van der Waals surface area contributed by atoms with Crippen molar-refractivity contribution in [2.75, 3.05) is 7.05 Å². The molecule has 5 heteroatoms. The molecule has 0 aliphatic rings. The van der Waals surface area contributed by atoms with Gasteiger partial charge in [-0.1, -0.05) is 42.5 Å². The Hall–Kier alpha value is -2.40. The van der Waals surface area contributed by atoms with Crippen molar-refractivity contribution >= 4 is 28.1 Å². The molecule has 0 bridgehead atoms. The number of hydrogen-bond acceptors (Lipinski definition) is 3. The van der Waals surface area contributed by atoms with Gasteiger partial charge in [0, 0.05) is 11.9 Å². The summed E-state index contributed by atoms with van der Waals surface area (Å²) >= 11 is 1.73. The largest absolute Gasteiger partial charge is 0.351 e. The van der Waals surface area contributed by atoms with Crippen molar-refractivity contribution in [1.82, 2.24) is 15.6 Å². The van der Waals surface area contributed by atoms with Crippen LogP contribution in [-0.2, 0) is 6.54 Å². The fourth-order valence-corrected chi connectivity index (χ4v) is 3.88. The first-order chi connectivity index (χ1) is 12.1. The third-order valence-electron chi connectivity index (χ3n) is 4.28. The van der Waals surface area contributed by atoms with Gasteiger partial charge in [0.1, 0.15) is 0 Å². The Morgan fingerprint density at radius 2 is 1.92 bits per heavy atom. The molecule has 1 aromatic heterocycles. The second-order valence-electron chi connectivity index (χ2n) is 6.10. The van der Waals surface area contributed by atoms with Gasteiger partial charge < -0.3 is 10.6 Å². The number of aryl methyl sites for hydroxylation is 2. The van der Waals surface area contributed by atoms with E-state index in [0.29, 0.717) is 0 Å². The zero-order chi connectivity index (χ0) is 17.8. The first-order valence-corrected chi connectivity index (χ1v) is 9.28. The van der Waals surface area contributed by atoms with Crippen LogP contribution >= 0.6 is 11.3 Å². The number of rotatable bonds is 4. The normalized spacial score (nSPS) is 13.0. The molecule has 0 saturated carbocycles. The molecule has 3 rings (SSSR count). The molecular weight excluding hydrogens is 328 g/mol. The van der Waals surface area contributed by atoms with Crippen LogP contribution < -0.4 is 10.6 Å². The van der Waals surface area contributed by atoms with Gasteiger partial charge in [-0.3, -0.25) is 4.99 Å². The van der Waals surface area contributed by atoms with Crippen molar-refractivity contribution in [2.24, 2.45) is 4.99 Å². The molecule has 3 aromatic rings. The summed E-state index contributed by atoms with van der Waals surface area (Å²) in [6.07, 6.45) is 0. The van der Waals surface area contributed by atoms with Crippen LogP contribution in [0.2, 0.25) is 0 Å². The minimum Gasteiger partial charge on any atom is -0.351 e. The number of thiazole rings is 1. The molecule has 130 valence electrons. The lowest BCUT2D eigenvalue weighted by Gasteiger charge is -2.19. The fraction of sp³-hybridized carbons (Fsp3) is 0.300. The lowest BCUT2D eigenvalue weighted by Crippen LogP contribution is -2.38. The molecule has 0 aliphatic heterocycles. The van der Waals surface area contributed by atoms with Gasteiger partial charge in [0.15, 0.2) is 5.96 Å². The first-order valence-electron chi connectivity index (χ1n) is 8.46. The van der Waals surface area contributed by atoms with Gasteiger partial charge in [-0.25, -0.2) is 4.98 Å². The number of aromatic nitrogens is 1. The van der Waals surface area contributed by atoms with Gasteiger partial charge in [0.2, 0.25) is 0 Å². The lowest BCUT2D eigenvalue weighted by atomic mass is 10.00. The second-order valence-corrected chi connectivity index (χ2v) is 7.39. The molecular formula is C20H24N4S. The summed E-state index contributed by atoms with van der Waals surface area (Å²) in [5.74, 6) is 0.797. The summed E-state index contributed by atoms with van der Waals surface area (Å²) in [5, 5.41) is 10.5. The Kier molecular flexibility index (Phi) is 5.34. The van der Waals surface area contributed by atoms with Gasteiger partial charge >= 0.3 is 0 Å². The smallest absolute Gasteiger partial charge is 0.191 e. The molecule has 0 amide bonds. The van der Waals surface area contributed by atoms with Gasteiger partial charge in [-0.05, 0) is 37.1 Å². The maximum absolute atomic E-state index is 4.48. The summed E-state index contributed by atoms with van der Waals surface area (Å²) in [5.41, 5.74) is 2.36. The maximum Gasteiger partial charge on any atom is 0.191 e. The summed E-state index contributed by atoms with van der Waals surface area (Å²) in [6, 6.07) is 15.1. The number of hydrogen-bond donors (Lipinski definition) is 2. The second kappa shape index (κ2) is 7.66. The van der Waals surface area contributed by atoms with E-state index in [0.717, 1.165) is 23.2 Å². The number of aliphatic imine (C=N–C) groups is 1. The van der Waals surface area contributed by atoms with Crippen molar-refractivity contribution in [2.45, 2.75) is 33.4 Å². The highest BCUT2D eigenvalue weighted by Gasteiger charge is 2.12. The Labute approximate surface area is 153 Å². The highest BCUT2D eigenvalue weighted by Crippen LogP contribution is 2.24. The molecule has 4 nitrogen and oxygen atoms in total. The van der Waals surface area contributed by atoms with E-state index in [2.05, 4.69) is 76.9 Å². The van der Waals surface area contributed by atoms with E-state index in [1.165, 1.54) is 21.2 Å². The summed E-state index contributed by atoms with van der Waals surface area (Å²) in [6.45, 7) is 6.99.